The zero-order valence-corrected chi connectivity index (χ0v) is 13.2. The van der Waals surface area contributed by atoms with Gasteiger partial charge in [0.15, 0.2) is 0 Å². The Labute approximate surface area is 131 Å². The Balaban J connectivity index is 2.19. The summed E-state index contributed by atoms with van der Waals surface area (Å²) in [5, 5.41) is 11.1. The van der Waals surface area contributed by atoms with Crippen molar-refractivity contribution in [2.75, 3.05) is 6.54 Å². The third-order valence-corrected chi connectivity index (χ3v) is 5.00. The van der Waals surface area contributed by atoms with Crippen molar-refractivity contribution < 1.29 is 9.50 Å². The van der Waals surface area contributed by atoms with Gasteiger partial charge < -0.3 is 10.8 Å². The van der Waals surface area contributed by atoms with Crippen molar-refractivity contribution in [2.24, 2.45) is 11.7 Å². The first-order valence-electron chi connectivity index (χ1n) is 7.97. The molecule has 0 radical (unpaired) electrons. The minimum atomic E-state index is -0.623. The van der Waals surface area contributed by atoms with Gasteiger partial charge in [-0.2, -0.15) is 0 Å². The van der Waals surface area contributed by atoms with E-state index in [4.69, 9.17) is 17.3 Å². The Morgan fingerprint density at radius 2 is 1.81 bits per heavy atom. The molecule has 1 fully saturated rings. The van der Waals surface area contributed by atoms with E-state index in [2.05, 4.69) is 0 Å². The minimum absolute atomic E-state index is 0.189. The van der Waals surface area contributed by atoms with E-state index in [9.17, 15) is 9.50 Å². The van der Waals surface area contributed by atoms with Crippen LogP contribution in [-0.4, -0.2) is 17.8 Å². The SMILES string of the molecule is NCC(c1c(F)cccc1Cl)C(O)C1CCCCCCC1. The molecule has 2 atom stereocenters. The van der Waals surface area contributed by atoms with Crippen molar-refractivity contribution in [2.45, 2.75) is 57.0 Å². The van der Waals surface area contributed by atoms with Crippen molar-refractivity contribution in [3.63, 3.8) is 0 Å². The van der Waals surface area contributed by atoms with Crippen molar-refractivity contribution in [1.82, 2.24) is 0 Å². The topological polar surface area (TPSA) is 46.2 Å². The molecule has 0 heterocycles. The predicted octanol–water partition coefficient (Wildman–Crippen LogP) is 4.24. The van der Waals surface area contributed by atoms with E-state index in [-0.39, 0.29) is 18.3 Å². The number of aliphatic hydroxyl groups is 1. The van der Waals surface area contributed by atoms with Gasteiger partial charge in [0, 0.05) is 23.0 Å². The maximum Gasteiger partial charge on any atom is 0.128 e. The summed E-state index contributed by atoms with van der Waals surface area (Å²) >= 11 is 6.14. The smallest absolute Gasteiger partial charge is 0.128 e. The van der Waals surface area contributed by atoms with E-state index in [0.29, 0.717) is 10.6 Å². The molecule has 3 N–H and O–H groups in total. The largest absolute Gasteiger partial charge is 0.392 e. The van der Waals surface area contributed by atoms with Gasteiger partial charge in [0.25, 0.3) is 0 Å². The number of hydrogen-bond donors (Lipinski definition) is 2. The van der Waals surface area contributed by atoms with Crippen molar-refractivity contribution >= 4 is 11.6 Å². The molecule has 1 aromatic carbocycles. The molecule has 21 heavy (non-hydrogen) atoms. The van der Waals surface area contributed by atoms with Gasteiger partial charge in [0.2, 0.25) is 0 Å². The molecule has 2 rings (SSSR count). The molecule has 0 saturated heterocycles. The highest BCUT2D eigenvalue weighted by molar-refractivity contribution is 6.31. The highest BCUT2D eigenvalue weighted by Gasteiger charge is 2.31. The second-order valence-corrected chi connectivity index (χ2v) is 6.48. The summed E-state index contributed by atoms with van der Waals surface area (Å²) in [6, 6.07) is 4.62. The summed E-state index contributed by atoms with van der Waals surface area (Å²) < 4.78 is 14.1. The first-order chi connectivity index (χ1) is 10.1. The zero-order valence-electron chi connectivity index (χ0n) is 12.4. The lowest BCUT2D eigenvalue weighted by Crippen LogP contribution is -2.33. The fourth-order valence-electron chi connectivity index (χ4n) is 3.45. The van der Waals surface area contributed by atoms with E-state index >= 15 is 0 Å². The fourth-order valence-corrected chi connectivity index (χ4v) is 3.75. The molecule has 2 unspecified atom stereocenters. The minimum Gasteiger partial charge on any atom is -0.392 e. The van der Waals surface area contributed by atoms with Gasteiger partial charge in [0.05, 0.1) is 6.10 Å². The second-order valence-electron chi connectivity index (χ2n) is 6.07. The summed E-state index contributed by atoms with van der Waals surface area (Å²) in [6.45, 7) is 0.207. The van der Waals surface area contributed by atoms with E-state index in [0.717, 1.165) is 25.7 Å². The van der Waals surface area contributed by atoms with Crippen molar-refractivity contribution in [1.29, 1.82) is 0 Å². The molecule has 1 aliphatic carbocycles. The van der Waals surface area contributed by atoms with Crippen LogP contribution in [-0.2, 0) is 0 Å². The normalized spacial score (nSPS) is 20.6. The standard InChI is InChI=1S/C17H25ClFNO/c18-14-9-6-10-15(19)16(14)13(11-20)17(21)12-7-4-2-1-3-5-8-12/h6,9-10,12-13,17,21H,1-5,7-8,11,20H2. The first kappa shape index (κ1) is 16.7. The Morgan fingerprint density at radius 1 is 1.19 bits per heavy atom. The summed E-state index contributed by atoms with van der Waals surface area (Å²) in [7, 11) is 0. The molecule has 0 amide bonds. The Hall–Kier alpha value is -0.640. The van der Waals surface area contributed by atoms with E-state index in [1.165, 1.54) is 25.3 Å². The molecule has 0 bridgehead atoms. The van der Waals surface area contributed by atoms with Gasteiger partial charge in [-0.05, 0) is 30.9 Å². The number of halogens is 2. The molecule has 118 valence electrons. The Morgan fingerprint density at radius 3 is 2.38 bits per heavy atom. The van der Waals surface area contributed by atoms with Gasteiger partial charge in [0.1, 0.15) is 5.82 Å². The second kappa shape index (κ2) is 8.11. The summed E-state index contributed by atoms with van der Waals surface area (Å²) in [5.41, 5.74) is 6.21. The molecule has 4 heteroatoms. The summed E-state index contributed by atoms with van der Waals surface area (Å²) in [6.07, 6.45) is 7.33. The Kier molecular flexibility index (Phi) is 6.46. The van der Waals surface area contributed by atoms with E-state index in [1.807, 2.05) is 0 Å². The molecular formula is C17H25ClFNO. The molecule has 1 aromatic rings. The zero-order chi connectivity index (χ0) is 15.2. The van der Waals surface area contributed by atoms with E-state index in [1.54, 1.807) is 12.1 Å². The van der Waals surface area contributed by atoms with Crippen LogP contribution >= 0.6 is 11.6 Å². The maximum absolute atomic E-state index is 14.1. The lowest BCUT2D eigenvalue weighted by molar-refractivity contribution is 0.0669. The monoisotopic (exact) mass is 313 g/mol. The average Bonchev–Trinajstić information content (AvgIpc) is 2.42. The molecule has 0 aliphatic heterocycles. The first-order valence-corrected chi connectivity index (χ1v) is 8.35. The number of rotatable bonds is 4. The number of benzene rings is 1. The third-order valence-electron chi connectivity index (χ3n) is 4.67. The molecule has 0 aromatic heterocycles. The Bertz CT molecular complexity index is 426. The molecule has 0 spiro atoms. The predicted molar refractivity (Wildman–Crippen MR) is 85.0 cm³/mol. The van der Waals surface area contributed by atoms with Crippen LogP contribution in [0.5, 0.6) is 0 Å². The van der Waals surface area contributed by atoms with Crippen LogP contribution in [0.2, 0.25) is 5.02 Å². The summed E-state index contributed by atoms with van der Waals surface area (Å²) in [5.74, 6) is -0.611. The molecular weight excluding hydrogens is 289 g/mol. The van der Waals surface area contributed by atoms with Gasteiger partial charge in [-0.25, -0.2) is 4.39 Å². The molecule has 2 nitrogen and oxygen atoms in total. The van der Waals surface area contributed by atoms with Gasteiger partial charge in [-0.3, -0.25) is 0 Å². The van der Waals surface area contributed by atoms with Crippen LogP contribution < -0.4 is 5.73 Å². The highest BCUT2D eigenvalue weighted by Crippen LogP contribution is 2.35. The lowest BCUT2D eigenvalue weighted by atomic mass is 9.79. The quantitative estimate of drug-likeness (QED) is 0.873. The van der Waals surface area contributed by atoms with Crippen LogP contribution in [0, 0.1) is 11.7 Å². The number of hydrogen-bond acceptors (Lipinski definition) is 2. The van der Waals surface area contributed by atoms with Crippen LogP contribution in [0.4, 0.5) is 4.39 Å². The van der Waals surface area contributed by atoms with Gasteiger partial charge in [-0.1, -0.05) is 49.8 Å². The fraction of sp³-hybridized carbons (Fsp3) is 0.647. The lowest BCUT2D eigenvalue weighted by Gasteiger charge is -2.31. The van der Waals surface area contributed by atoms with Crippen LogP contribution in [0.1, 0.15) is 56.4 Å². The maximum atomic E-state index is 14.1. The molecule has 1 saturated carbocycles. The molecule has 1 aliphatic rings. The third kappa shape index (κ3) is 4.18. The highest BCUT2D eigenvalue weighted by atomic mass is 35.5. The van der Waals surface area contributed by atoms with Crippen molar-refractivity contribution in [3.05, 3.63) is 34.6 Å². The van der Waals surface area contributed by atoms with Gasteiger partial charge >= 0.3 is 0 Å². The van der Waals surface area contributed by atoms with Crippen LogP contribution in [0.15, 0.2) is 18.2 Å². The van der Waals surface area contributed by atoms with Crippen LogP contribution in [0.3, 0.4) is 0 Å². The average molecular weight is 314 g/mol. The van der Waals surface area contributed by atoms with E-state index < -0.39 is 12.0 Å². The number of aliphatic hydroxyl groups excluding tert-OH is 1. The summed E-state index contributed by atoms with van der Waals surface area (Å²) in [4.78, 5) is 0. The number of nitrogens with two attached hydrogens (primary N) is 1. The van der Waals surface area contributed by atoms with Crippen LogP contribution in [0.25, 0.3) is 0 Å². The van der Waals surface area contributed by atoms with Gasteiger partial charge in [-0.15, -0.1) is 0 Å². The van der Waals surface area contributed by atoms with Crippen molar-refractivity contribution in [3.8, 4) is 0 Å².